The Bertz CT molecular complexity index is 597. The fourth-order valence-corrected chi connectivity index (χ4v) is 2.73. The van der Waals surface area contributed by atoms with Gasteiger partial charge >= 0.3 is 5.69 Å². The van der Waals surface area contributed by atoms with Gasteiger partial charge in [0.2, 0.25) is 0 Å². The van der Waals surface area contributed by atoms with Crippen molar-refractivity contribution >= 4 is 22.6 Å². The van der Waals surface area contributed by atoms with E-state index in [4.69, 9.17) is 11.6 Å². The highest BCUT2D eigenvalue weighted by atomic mass is 35.5. The molecule has 1 saturated carbocycles. The van der Waals surface area contributed by atoms with Gasteiger partial charge < -0.3 is 9.97 Å². The number of imidazole rings is 1. The van der Waals surface area contributed by atoms with Crippen LogP contribution < -0.4 is 5.69 Å². The van der Waals surface area contributed by atoms with Gasteiger partial charge in [-0.05, 0) is 42.4 Å². The summed E-state index contributed by atoms with van der Waals surface area (Å²) in [5.41, 5.74) is 2.59. The molecule has 1 aliphatic carbocycles. The molecule has 0 bridgehead atoms. The molecule has 0 amide bonds. The summed E-state index contributed by atoms with van der Waals surface area (Å²) in [5.74, 6) is 1.28. The van der Waals surface area contributed by atoms with Gasteiger partial charge in [-0.25, -0.2) is 4.79 Å². The van der Waals surface area contributed by atoms with E-state index in [1.165, 1.54) is 12.8 Å². The van der Waals surface area contributed by atoms with Gasteiger partial charge in [-0.3, -0.25) is 0 Å². The van der Waals surface area contributed by atoms with E-state index in [-0.39, 0.29) is 11.1 Å². The number of aromatic nitrogens is 2. The van der Waals surface area contributed by atoms with Gasteiger partial charge in [-0.15, -0.1) is 11.6 Å². The van der Waals surface area contributed by atoms with Gasteiger partial charge in [-0.2, -0.15) is 0 Å². The molecule has 1 aromatic carbocycles. The van der Waals surface area contributed by atoms with Gasteiger partial charge in [0.05, 0.1) is 16.4 Å². The number of rotatable bonds is 3. The van der Waals surface area contributed by atoms with Crippen molar-refractivity contribution in [3.05, 3.63) is 34.2 Å². The molecule has 3 nitrogen and oxygen atoms in total. The smallest absolute Gasteiger partial charge is 0.306 e. The third kappa shape index (κ3) is 2.00. The Labute approximate surface area is 104 Å². The van der Waals surface area contributed by atoms with Crippen LogP contribution in [0.25, 0.3) is 11.0 Å². The summed E-state index contributed by atoms with van der Waals surface area (Å²) in [6, 6.07) is 5.89. The molecule has 0 radical (unpaired) electrons. The van der Waals surface area contributed by atoms with Gasteiger partial charge in [0.15, 0.2) is 0 Å². The van der Waals surface area contributed by atoms with E-state index in [9.17, 15) is 4.79 Å². The molecular formula is C13H15ClN2O. The van der Waals surface area contributed by atoms with Gasteiger partial charge in [0.1, 0.15) is 0 Å². The van der Waals surface area contributed by atoms with Crippen LogP contribution in [0.5, 0.6) is 0 Å². The normalized spacial score (nSPS) is 19.4. The summed E-state index contributed by atoms with van der Waals surface area (Å²) in [5, 5.41) is 0.0327. The first-order chi connectivity index (χ1) is 8.15. The predicted octanol–water partition coefficient (Wildman–Crippen LogP) is 3.18. The molecule has 0 spiro atoms. The number of hydrogen-bond donors (Lipinski definition) is 2. The van der Waals surface area contributed by atoms with E-state index in [1.54, 1.807) is 0 Å². The number of nitrogens with one attached hydrogen (secondary N) is 2. The second-order valence-corrected chi connectivity index (χ2v) is 5.45. The van der Waals surface area contributed by atoms with Crippen LogP contribution in [0.15, 0.2) is 23.0 Å². The maximum absolute atomic E-state index is 11.2. The highest BCUT2D eigenvalue weighted by molar-refractivity contribution is 6.21. The molecule has 4 heteroatoms. The van der Waals surface area contributed by atoms with Crippen molar-refractivity contribution in [2.45, 2.75) is 25.1 Å². The lowest BCUT2D eigenvalue weighted by Crippen LogP contribution is -2.05. The molecule has 90 valence electrons. The summed E-state index contributed by atoms with van der Waals surface area (Å²) in [4.78, 5) is 16.7. The monoisotopic (exact) mass is 250 g/mol. The minimum absolute atomic E-state index is 0.0327. The molecule has 0 aliphatic heterocycles. The number of alkyl halides is 1. The Balaban J connectivity index is 1.96. The predicted molar refractivity (Wildman–Crippen MR) is 69.4 cm³/mol. The molecule has 3 rings (SSSR count). The zero-order chi connectivity index (χ0) is 12.0. The minimum atomic E-state index is -0.168. The first kappa shape index (κ1) is 10.9. The van der Waals surface area contributed by atoms with Crippen molar-refractivity contribution in [2.24, 2.45) is 11.8 Å². The molecule has 1 heterocycles. The summed E-state index contributed by atoms with van der Waals surface area (Å²) < 4.78 is 0. The van der Waals surface area contributed by atoms with E-state index < -0.39 is 0 Å². The van der Waals surface area contributed by atoms with E-state index in [2.05, 4.69) is 16.9 Å². The van der Waals surface area contributed by atoms with E-state index in [0.717, 1.165) is 22.5 Å². The number of hydrogen-bond acceptors (Lipinski definition) is 1. The van der Waals surface area contributed by atoms with Crippen molar-refractivity contribution in [2.75, 3.05) is 0 Å². The second-order valence-electron chi connectivity index (χ2n) is 4.98. The number of aromatic amines is 2. The average Bonchev–Trinajstić information content (AvgIpc) is 3.08. The van der Waals surface area contributed by atoms with Crippen LogP contribution in [0.2, 0.25) is 0 Å². The highest BCUT2D eigenvalue weighted by Gasteiger charge is 2.33. The van der Waals surface area contributed by atoms with Crippen LogP contribution in [0.1, 0.15) is 30.7 Å². The average molecular weight is 251 g/mol. The lowest BCUT2D eigenvalue weighted by atomic mass is 9.96. The third-order valence-electron chi connectivity index (χ3n) is 3.69. The molecule has 2 unspecified atom stereocenters. The van der Waals surface area contributed by atoms with E-state index in [0.29, 0.717) is 5.92 Å². The Morgan fingerprint density at radius 1 is 1.29 bits per heavy atom. The number of halogens is 1. The van der Waals surface area contributed by atoms with Crippen molar-refractivity contribution in [3.8, 4) is 0 Å². The zero-order valence-corrected chi connectivity index (χ0v) is 10.4. The Morgan fingerprint density at radius 2 is 2.00 bits per heavy atom. The second kappa shape index (κ2) is 3.91. The molecule has 2 atom stereocenters. The number of fused-ring (bicyclic) bond motifs is 1. The summed E-state index contributed by atoms with van der Waals surface area (Å²) in [6.45, 7) is 2.21. The van der Waals surface area contributed by atoms with Crippen LogP contribution >= 0.6 is 11.6 Å². The Morgan fingerprint density at radius 3 is 2.71 bits per heavy atom. The van der Waals surface area contributed by atoms with Crippen molar-refractivity contribution in [3.63, 3.8) is 0 Å². The van der Waals surface area contributed by atoms with E-state index in [1.807, 2.05) is 18.2 Å². The first-order valence-corrected chi connectivity index (χ1v) is 6.45. The molecule has 1 aliphatic rings. The zero-order valence-electron chi connectivity index (χ0n) is 9.66. The summed E-state index contributed by atoms with van der Waals surface area (Å²) in [7, 11) is 0. The molecular weight excluding hydrogens is 236 g/mol. The lowest BCUT2D eigenvalue weighted by molar-refractivity contribution is 0.491. The van der Waals surface area contributed by atoms with Gasteiger partial charge in [-0.1, -0.05) is 13.0 Å². The fraction of sp³-hybridized carbons (Fsp3) is 0.462. The van der Waals surface area contributed by atoms with Crippen LogP contribution in [0.4, 0.5) is 0 Å². The maximum atomic E-state index is 11.2. The van der Waals surface area contributed by atoms with Crippen molar-refractivity contribution in [1.82, 2.24) is 9.97 Å². The highest BCUT2D eigenvalue weighted by Crippen LogP contribution is 2.45. The van der Waals surface area contributed by atoms with Crippen LogP contribution in [-0.2, 0) is 0 Å². The van der Waals surface area contributed by atoms with E-state index >= 15 is 0 Å². The lowest BCUT2D eigenvalue weighted by Gasteiger charge is -2.17. The molecule has 17 heavy (non-hydrogen) atoms. The topological polar surface area (TPSA) is 48.6 Å². The third-order valence-corrected chi connectivity index (χ3v) is 4.34. The van der Waals surface area contributed by atoms with Gasteiger partial charge in [0, 0.05) is 0 Å². The Hall–Kier alpha value is -1.22. The number of H-pyrrole nitrogens is 2. The number of benzene rings is 1. The summed E-state index contributed by atoms with van der Waals surface area (Å²) in [6.07, 6.45) is 2.60. The van der Waals surface area contributed by atoms with Crippen molar-refractivity contribution < 1.29 is 0 Å². The molecule has 1 aromatic heterocycles. The largest absolute Gasteiger partial charge is 0.323 e. The Kier molecular flexibility index (Phi) is 2.51. The van der Waals surface area contributed by atoms with Crippen LogP contribution in [-0.4, -0.2) is 9.97 Å². The maximum Gasteiger partial charge on any atom is 0.323 e. The fourth-order valence-electron chi connectivity index (χ4n) is 2.39. The minimum Gasteiger partial charge on any atom is -0.306 e. The standard InChI is InChI=1S/C13H15ClN2O/c1-7(8-2-3-8)12(14)9-4-5-10-11(6-9)16-13(17)15-10/h4-8,12H,2-3H2,1H3,(H2,15,16,17). The molecule has 1 fully saturated rings. The molecule has 2 N–H and O–H groups in total. The first-order valence-electron chi connectivity index (χ1n) is 6.01. The SMILES string of the molecule is CC(C1CC1)C(Cl)c1ccc2[nH]c(=O)[nH]c2c1. The molecule has 2 aromatic rings. The quantitative estimate of drug-likeness (QED) is 0.808. The van der Waals surface area contributed by atoms with Crippen LogP contribution in [0, 0.1) is 11.8 Å². The summed E-state index contributed by atoms with van der Waals surface area (Å²) >= 11 is 6.50. The van der Waals surface area contributed by atoms with Crippen LogP contribution in [0.3, 0.4) is 0 Å². The van der Waals surface area contributed by atoms with Gasteiger partial charge in [0.25, 0.3) is 0 Å². The van der Waals surface area contributed by atoms with Crippen molar-refractivity contribution in [1.29, 1.82) is 0 Å². The molecule has 0 saturated heterocycles.